The van der Waals surface area contributed by atoms with E-state index in [0.717, 1.165) is 0 Å². The second-order valence-corrected chi connectivity index (χ2v) is 7.43. The van der Waals surface area contributed by atoms with Crippen molar-refractivity contribution in [3.05, 3.63) is 60.2 Å². The van der Waals surface area contributed by atoms with Gasteiger partial charge in [-0.25, -0.2) is 8.42 Å². The highest BCUT2D eigenvalue weighted by Gasteiger charge is 2.15. The number of carbonyl (C=O) groups is 2. The Hall–Kier alpha value is -2.87. The van der Waals surface area contributed by atoms with Crippen LogP contribution >= 0.6 is 0 Å². The fraction of sp³-hybridized carbons (Fsp3) is 0.263. The molecule has 0 bridgehead atoms. The first-order chi connectivity index (χ1) is 12.9. The summed E-state index contributed by atoms with van der Waals surface area (Å²) >= 11 is 0. The molecule has 2 rings (SSSR count). The third-order valence-electron chi connectivity index (χ3n) is 3.97. The molecular formula is C19H23N3O4S. The summed E-state index contributed by atoms with van der Waals surface area (Å²) in [4.78, 5) is 25.8. The minimum Gasteiger partial charge on any atom is -0.343 e. The van der Waals surface area contributed by atoms with Gasteiger partial charge in [-0.3, -0.25) is 14.3 Å². The van der Waals surface area contributed by atoms with E-state index in [9.17, 15) is 18.0 Å². The predicted octanol–water partition coefficient (Wildman–Crippen LogP) is 2.09. The summed E-state index contributed by atoms with van der Waals surface area (Å²) in [5.41, 5.74) is 0.680. The molecule has 0 aliphatic carbocycles. The van der Waals surface area contributed by atoms with Gasteiger partial charge in [-0.15, -0.1) is 0 Å². The molecule has 0 atom stereocenters. The van der Waals surface area contributed by atoms with Gasteiger partial charge in [0.25, 0.3) is 15.9 Å². The third kappa shape index (κ3) is 5.55. The number of anilines is 1. The summed E-state index contributed by atoms with van der Waals surface area (Å²) in [6.07, 6.45) is 0. The smallest absolute Gasteiger partial charge is 0.261 e. The molecule has 8 heteroatoms. The Labute approximate surface area is 159 Å². The molecule has 0 fully saturated rings. The van der Waals surface area contributed by atoms with Gasteiger partial charge in [0.2, 0.25) is 5.91 Å². The molecule has 0 aliphatic heterocycles. The van der Waals surface area contributed by atoms with E-state index in [1.807, 2.05) is 13.8 Å². The lowest BCUT2D eigenvalue weighted by Gasteiger charge is -2.18. The van der Waals surface area contributed by atoms with Crippen LogP contribution in [0, 0.1) is 0 Å². The highest BCUT2D eigenvalue weighted by Crippen LogP contribution is 2.16. The van der Waals surface area contributed by atoms with E-state index in [1.165, 1.54) is 36.4 Å². The number of carbonyl (C=O) groups excluding carboxylic acids is 2. The Morgan fingerprint density at radius 2 is 1.52 bits per heavy atom. The van der Waals surface area contributed by atoms with E-state index in [-0.39, 0.29) is 17.3 Å². The van der Waals surface area contributed by atoms with Crippen LogP contribution in [0.15, 0.2) is 59.5 Å². The van der Waals surface area contributed by atoms with Crippen molar-refractivity contribution in [3.8, 4) is 0 Å². The average molecular weight is 389 g/mol. The molecule has 2 aromatic carbocycles. The van der Waals surface area contributed by atoms with Gasteiger partial charge in [-0.2, -0.15) is 0 Å². The summed E-state index contributed by atoms with van der Waals surface area (Å²) in [5, 5.41) is 2.57. The van der Waals surface area contributed by atoms with Crippen molar-refractivity contribution >= 4 is 27.5 Å². The fourth-order valence-corrected chi connectivity index (χ4v) is 3.53. The van der Waals surface area contributed by atoms with Crippen LogP contribution < -0.4 is 10.0 Å². The molecule has 0 unspecified atom stereocenters. The van der Waals surface area contributed by atoms with Gasteiger partial charge in [0, 0.05) is 24.3 Å². The number of benzene rings is 2. The monoisotopic (exact) mass is 389 g/mol. The highest BCUT2D eigenvalue weighted by atomic mass is 32.2. The summed E-state index contributed by atoms with van der Waals surface area (Å²) in [6.45, 7) is 4.84. The number of sulfonamides is 1. The Bertz CT molecular complexity index is 877. The van der Waals surface area contributed by atoms with Gasteiger partial charge in [0.1, 0.15) is 0 Å². The SMILES string of the molecule is CCN(CC)C(=O)CNC(=O)c1ccc(NS(=O)(=O)c2ccccc2)cc1. The Kier molecular flexibility index (Phi) is 6.95. The van der Waals surface area contributed by atoms with E-state index < -0.39 is 15.9 Å². The zero-order chi connectivity index (χ0) is 19.9. The molecule has 0 aliphatic rings. The zero-order valence-electron chi connectivity index (χ0n) is 15.3. The summed E-state index contributed by atoms with van der Waals surface area (Å²) < 4.78 is 27.0. The van der Waals surface area contributed by atoms with Crippen molar-refractivity contribution < 1.29 is 18.0 Å². The van der Waals surface area contributed by atoms with Crippen molar-refractivity contribution in [2.24, 2.45) is 0 Å². The molecule has 7 nitrogen and oxygen atoms in total. The predicted molar refractivity (Wildman–Crippen MR) is 104 cm³/mol. The summed E-state index contributed by atoms with van der Waals surface area (Å²) in [7, 11) is -3.68. The molecule has 0 saturated carbocycles. The van der Waals surface area contributed by atoms with E-state index in [1.54, 1.807) is 23.1 Å². The normalized spacial score (nSPS) is 10.9. The van der Waals surface area contributed by atoms with E-state index in [0.29, 0.717) is 24.3 Å². The molecule has 2 amide bonds. The van der Waals surface area contributed by atoms with E-state index in [4.69, 9.17) is 0 Å². The van der Waals surface area contributed by atoms with Crippen LogP contribution in [0.2, 0.25) is 0 Å². The van der Waals surface area contributed by atoms with Crippen molar-refractivity contribution in [3.63, 3.8) is 0 Å². The molecular weight excluding hydrogens is 366 g/mol. The second-order valence-electron chi connectivity index (χ2n) is 5.74. The zero-order valence-corrected chi connectivity index (χ0v) is 16.1. The molecule has 144 valence electrons. The maximum atomic E-state index is 12.3. The average Bonchev–Trinajstić information content (AvgIpc) is 2.68. The molecule has 0 saturated heterocycles. The first-order valence-corrected chi connectivity index (χ1v) is 10.1. The minimum atomic E-state index is -3.68. The van der Waals surface area contributed by atoms with Crippen LogP contribution in [0.4, 0.5) is 5.69 Å². The van der Waals surface area contributed by atoms with Gasteiger partial charge >= 0.3 is 0 Å². The van der Waals surface area contributed by atoms with Gasteiger partial charge in [0.15, 0.2) is 0 Å². The maximum Gasteiger partial charge on any atom is 0.261 e. The maximum absolute atomic E-state index is 12.3. The molecule has 2 aromatic rings. The Morgan fingerprint density at radius 3 is 2.07 bits per heavy atom. The molecule has 0 spiro atoms. The highest BCUT2D eigenvalue weighted by molar-refractivity contribution is 7.92. The fourth-order valence-electron chi connectivity index (χ4n) is 2.45. The Balaban J connectivity index is 1.98. The molecule has 2 N–H and O–H groups in total. The largest absolute Gasteiger partial charge is 0.343 e. The van der Waals surface area contributed by atoms with Crippen molar-refractivity contribution in [1.82, 2.24) is 10.2 Å². The van der Waals surface area contributed by atoms with Crippen LogP contribution in [0.1, 0.15) is 24.2 Å². The standard InChI is InChI=1S/C19H23N3O4S/c1-3-22(4-2)18(23)14-20-19(24)15-10-12-16(13-11-15)21-27(25,26)17-8-6-5-7-9-17/h5-13,21H,3-4,14H2,1-2H3,(H,20,24). The van der Waals surface area contributed by atoms with Crippen molar-refractivity contribution in [1.29, 1.82) is 0 Å². The minimum absolute atomic E-state index is 0.0805. The quantitative estimate of drug-likeness (QED) is 0.723. The molecule has 0 radical (unpaired) electrons. The number of nitrogens with zero attached hydrogens (tertiary/aromatic N) is 1. The van der Waals surface area contributed by atoms with E-state index >= 15 is 0 Å². The molecule has 27 heavy (non-hydrogen) atoms. The first-order valence-electron chi connectivity index (χ1n) is 8.61. The number of hydrogen-bond donors (Lipinski definition) is 2. The summed E-state index contributed by atoms with van der Waals surface area (Å²) in [5.74, 6) is -0.548. The van der Waals surface area contributed by atoms with Crippen LogP contribution in [0.25, 0.3) is 0 Å². The van der Waals surface area contributed by atoms with Gasteiger partial charge in [0.05, 0.1) is 11.4 Å². The number of hydrogen-bond acceptors (Lipinski definition) is 4. The van der Waals surface area contributed by atoms with Crippen LogP contribution in [0.5, 0.6) is 0 Å². The van der Waals surface area contributed by atoms with E-state index in [2.05, 4.69) is 10.0 Å². The molecule has 0 aromatic heterocycles. The van der Waals surface area contributed by atoms with Gasteiger partial charge < -0.3 is 10.2 Å². The first kappa shape index (κ1) is 20.4. The number of rotatable bonds is 8. The van der Waals surface area contributed by atoms with Crippen molar-refractivity contribution in [2.45, 2.75) is 18.7 Å². The summed E-state index contributed by atoms with van der Waals surface area (Å²) in [6, 6.07) is 14.0. The van der Waals surface area contributed by atoms with Crippen LogP contribution in [-0.2, 0) is 14.8 Å². The topological polar surface area (TPSA) is 95.6 Å². The lowest BCUT2D eigenvalue weighted by molar-refractivity contribution is -0.129. The van der Waals surface area contributed by atoms with Gasteiger partial charge in [-0.05, 0) is 50.2 Å². The van der Waals surface area contributed by atoms with Crippen LogP contribution in [0.3, 0.4) is 0 Å². The van der Waals surface area contributed by atoms with Gasteiger partial charge in [-0.1, -0.05) is 18.2 Å². The van der Waals surface area contributed by atoms with Crippen molar-refractivity contribution in [2.75, 3.05) is 24.4 Å². The molecule has 0 heterocycles. The lowest BCUT2D eigenvalue weighted by Crippen LogP contribution is -2.39. The number of nitrogens with one attached hydrogen (secondary N) is 2. The lowest BCUT2D eigenvalue weighted by atomic mass is 10.2. The third-order valence-corrected chi connectivity index (χ3v) is 5.37. The second kappa shape index (κ2) is 9.18. The Morgan fingerprint density at radius 1 is 0.926 bits per heavy atom. The van der Waals surface area contributed by atoms with Crippen LogP contribution in [-0.4, -0.2) is 44.8 Å². The number of amides is 2. The number of likely N-dealkylation sites (N-methyl/N-ethyl adjacent to an activating group) is 1.